The molecule has 1 aromatic heterocycles. The molecule has 2 heterocycles. The zero-order valence-electron chi connectivity index (χ0n) is 13.2. The minimum absolute atomic E-state index is 0.123. The molecular formula is C17H19N3O3. The number of aromatic nitrogens is 1. The molecule has 1 N–H and O–H groups in total. The molecule has 0 bridgehead atoms. The van der Waals surface area contributed by atoms with Gasteiger partial charge in [-0.2, -0.15) is 0 Å². The van der Waals surface area contributed by atoms with E-state index in [9.17, 15) is 4.79 Å². The van der Waals surface area contributed by atoms with E-state index in [1.54, 1.807) is 18.3 Å². The number of nitrogens with one attached hydrogen (secondary N) is 1. The lowest BCUT2D eigenvalue weighted by Gasteiger charge is -2.15. The normalized spacial score (nSPS) is 12.1. The van der Waals surface area contributed by atoms with Crippen LogP contribution in [0.25, 0.3) is 0 Å². The van der Waals surface area contributed by atoms with E-state index in [4.69, 9.17) is 9.47 Å². The van der Waals surface area contributed by atoms with Crippen molar-refractivity contribution in [3.63, 3.8) is 0 Å². The fourth-order valence-electron chi connectivity index (χ4n) is 2.44. The molecule has 0 saturated carbocycles. The molecule has 1 aliphatic heterocycles. The highest BCUT2D eigenvalue weighted by Gasteiger charge is 2.15. The first-order valence-electron chi connectivity index (χ1n) is 7.44. The number of hydrogen-bond acceptors (Lipinski definition) is 5. The number of hydrogen-bond donors (Lipinski definition) is 1. The number of rotatable bonds is 5. The second-order valence-electron chi connectivity index (χ2n) is 5.46. The van der Waals surface area contributed by atoms with E-state index < -0.39 is 0 Å². The van der Waals surface area contributed by atoms with Gasteiger partial charge in [0.25, 0.3) is 5.91 Å². The minimum atomic E-state index is -0.123. The summed E-state index contributed by atoms with van der Waals surface area (Å²) in [5.41, 5.74) is 1.66. The summed E-state index contributed by atoms with van der Waals surface area (Å²) >= 11 is 0. The summed E-state index contributed by atoms with van der Waals surface area (Å²) in [5, 5.41) is 2.93. The van der Waals surface area contributed by atoms with Crippen molar-refractivity contribution in [2.24, 2.45) is 0 Å². The number of fused-ring (bicyclic) bond motifs is 1. The van der Waals surface area contributed by atoms with Crippen molar-refractivity contribution in [1.82, 2.24) is 10.3 Å². The lowest BCUT2D eigenvalue weighted by Crippen LogP contribution is -2.28. The van der Waals surface area contributed by atoms with Gasteiger partial charge in [0.1, 0.15) is 5.82 Å². The third-order valence-corrected chi connectivity index (χ3v) is 3.59. The molecule has 3 rings (SSSR count). The van der Waals surface area contributed by atoms with Crippen LogP contribution in [0.1, 0.15) is 15.9 Å². The number of ether oxygens (including phenoxy) is 2. The van der Waals surface area contributed by atoms with Crippen LogP contribution in [0.5, 0.6) is 11.5 Å². The lowest BCUT2D eigenvalue weighted by atomic mass is 10.1. The molecule has 0 unspecified atom stereocenters. The van der Waals surface area contributed by atoms with Gasteiger partial charge in [-0.3, -0.25) is 4.79 Å². The lowest BCUT2D eigenvalue weighted by molar-refractivity contribution is 0.0954. The number of anilines is 1. The van der Waals surface area contributed by atoms with Crippen molar-refractivity contribution in [3.05, 3.63) is 47.7 Å². The Hall–Kier alpha value is -2.76. The first-order valence-corrected chi connectivity index (χ1v) is 7.44. The highest BCUT2D eigenvalue weighted by molar-refractivity contribution is 5.98. The van der Waals surface area contributed by atoms with Gasteiger partial charge in [0.05, 0.1) is 5.56 Å². The van der Waals surface area contributed by atoms with E-state index in [1.807, 2.05) is 37.2 Å². The maximum atomic E-state index is 12.3. The van der Waals surface area contributed by atoms with Crippen LogP contribution in [0.15, 0.2) is 36.5 Å². The van der Waals surface area contributed by atoms with Gasteiger partial charge in [-0.1, -0.05) is 6.07 Å². The molecule has 1 amide bonds. The molecule has 120 valence electrons. The second kappa shape index (κ2) is 6.56. The number of carbonyl (C=O) groups is 1. The Morgan fingerprint density at radius 3 is 2.91 bits per heavy atom. The van der Waals surface area contributed by atoms with Crippen molar-refractivity contribution in [1.29, 1.82) is 0 Å². The standard InChI is InChI=1S/C17H19N3O3/c1-20(2)16-13(4-3-8-18-16)17(21)19-9-7-12-5-6-14-15(10-12)23-11-22-14/h3-6,8,10H,7,9,11H2,1-2H3,(H,19,21). The first kappa shape index (κ1) is 15.1. The van der Waals surface area contributed by atoms with Crippen LogP contribution in [0, 0.1) is 0 Å². The Labute approximate surface area is 135 Å². The van der Waals surface area contributed by atoms with Crippen molar-refractivity contribution in [3.8, 4) is 11.5 Å². The fourth-order valence-corrected chi connectivity index (χ4v) is 2.44. The Kier molecular flexibility index (Phi) is 4.32. The summed E-state index contributed by atoms with van der Waals surface area (Å²) in [7, 11) is 3.73. The van der Waals surface area contributed by atoms with Crippen molar-refractivity contribution in [2.45, 2.75) is 6.42 Å². The summed E-state index contributed by atoms with van der Waals surface area (Å²) < 4.78 is 10.6. The average molecular weight is 313 g/mol. The molecule has 6 nitrogen and oxygen atoms in total. The van der Waals surface area contributed by atoms with Gasteiger partial charge in [0.2, 0.25) is 6.79 Å². The van der Waals surface area contributed by atoms with Crippen molar-refractivity contribution >= 4 is 11.7 Å². The molecule has 2 aromatic rings. The van der Waals surface area contributed by atoms with E-state index >= 15 is 0 Å². The van der Waals surface area contributed by atoms with Crippen LogP contribution in [0.2, 0.25) is 0 Å². The highest BCUT2D eigenvalue weighted by Crippen LogP contribution is 2.32. The molecule has 0 spiro atoms. The summed E-state index contributed by atoms with van der Waals surface area (Å²) in [4.78, 5) is 18.4. The maximum absolute atomic E-state index is 12.3. The average Bonchev–Trinajstić information content (AvgIpc) is 3.02. The van der Waals surface area contributed by atoms with Gasteiger partial charge >= 0.3 is 0 Å². The fraction of sp³-hybridized carbons (Fsp3) is 0.294. The van der Waals surface area contributed by atoms with E-state index in [1.165, 1.54) is 0 Å². The Morgan fingerprint density at radius 1 is 1.26 bits per heavy atom. The second-order valence-corrected chi connectivity index (χ2v) is 5.46. The van der Waals surface area contributed by atoms with Crippen LogP contribution in [0.3, 0.4) is 0 Å². The van der Waals surface area contributed by atoms with Gasteiger partial charge in [0, 0.05) is 26.8 Å². The van der Waals surface area contributed by atoms with E-state index in [0.29, 0.717) is 17.9 Å². The highest BCUT2D eigenvalue weighted by atomic mass is 16.7. The molecule has 6 heteroatoms. The Balaban J connectivity index is 1.59. The molecule has 23 heavy (non-hydrogen) atoms. The van der Waals surface area contributed by atoms with Crippen LogP contribution in [0.4, 0.5) is 5.82 Å². The van der Waals surface area contributed by atoms with Gasteiger partial charge in [-0.05, 0) is 36.2 Å². The maximum Gasteiger partial charge on any atom is 0.255 e. The predicted molar refractivity (Wildman–Crippen MR) is 87.2 cm³/mol. The number of carbonyl (C=O) groups excluding carboxylic acids is 1. The molecule has 1 aliphatic rings. The van der Waals surface area contributed by atoms with Gasteiger partial charge < -0.3 is 19.7 Å². The summed E-state index contributed by atoms with van der Waals surface area (Å²) in [6, 6.07) is 9.36. The number of nitrogens with zero attached hydrogens (tertiary/aromatic N) is 2. The minimum Gasteiger partial charge on any atom is -0.454 e. The molecule has 0 radical (unpaired) electrons. The van der Waals surface area contributed by atoms with E-state index in [-0.39, 0.29) is 12.7 Å². The molecule has 0 saturated heterocycles. The monoisotopic (exact) mass is 313 g/mol. The zero-order valence-corrected chi connectivity index (χ0v) is 13.2. The van der Waals surface area contributed by atoms with Gasteiger partial charge in [-0.25, -0.2) is 4.98 Å². The molecule has 0 fully saturated rings. The topological polar surface area (TPSA) is 63.7 Å². The third-order valence-electron chi connectivity index (χ3n) is 3.59. The number of amides is 1. The molecule has 0 aliphatic carbocycles. The van der Waals surface area contributed by atoms with Crippen molar-refractivity contribution in [2.75, 3.05) is 32.3 Å². The molecule has 1 aromatic carbocycles. The Bertz CT molecular complexity index is 716. The first-order chi connectivity index (χ1) is 11.1. The van der Waals surface area contributed by atoms with Crippen LogP contribution >= 0.6 is 0 Å². The molecule has 0 atom stereocenters. The van der Waals surface area contributed by atoms with Gasteiger partial charge in [-0.15, -0.1) is 0 Å². The zero-order chi connectivity index (χ0) is 16.2. The SMILES string of the molecule is CN(C)c1ncccc1C(=O)NCCc1ccc2c(c1)OCO2. The smallest absolute Gasteiger partial charge is 0.255 e. The third kappa shape index (κ3) is 3.36. The van der Waals surface area contributed by atoms with Crippen LogP contribution < -0.4 is 19.7 Å². The largest absolute Gasteiger partial charge is 0.454 e. The number of benzene rings is 1. The summed E-state index contributed by atoms with van der Waals surface area (Å²) in [6.45, 7) is 0.810. The summed E-state index contributed by atoms with van der Waals surface area (Å²) in [6.07, 6.45) is 2.40. The van der Waals surface area contributed by atoms with E-state index in [0.717, 1.165) is 23.5 Å². The van der Waals surface area contributed by atoms with Gasteiger partial charge in [0.15, 0.2) is 11.5 Å². The van der Waals surface area contributed by atoms with Crippen LogP contribution in [-0.4, -0.2) is 38.3 Å². The van der Waals surface area contributed by atoms with E-state index in [2.05, 4.69) is 10.3 Å². The van der Waals surface area contributed by atoms with Crippen LogP contribution in [-0.2, 0) is 6.42 Å². The quantitative estimate of drug-likeness (QED) is 0.912. The van der Waals surface area contributed by atoms with Crippen molar-refractivity contribution < 1.29 is 14.3 Å². The Morgan fingerprint density at radius 2 is 2.09 bits per heavy atom. The predicted octanol–water partition coefficient (Wildman–Crippen LogP) is 1.85. The summed E-state index contributed by atoms with van der Waals surface area (Å²) in [5.74, 6) is 2.07. The molecular weight excluding hydrogens is 294 g/mol. The number of pyridine rings is 1.